The molecule has 0 aromatic carbocycles. The van der Waals surface area contributed by atoms with E-state index in [1.807, 2.05) is 18.2 Å². The molecule has 12 heavy (non-hydrogen) atoms. The fourth-order valence-electron chi connectivity index (χ4n) is 0.843. The van der Waals surface area contributed by atoms with Crippen LogP contribution in [0.4, 0.5) is 0 Å². The van der Waals surface area contributed by atoms with Gasteiger partial charge >= 0.3 is 0 Å². The highest BCUT2D eigenvalue weighted by atomic mass is 35.5. The number of halogens is 1. The van der Waals surface area contributed by atoms with E-state index in [0.29, 0.717) is 5.82 Å². The van der Waals surface area contributed by atoms with Crippen LogP contribution in [0.1, 0.15) is 0 Å². The van der Waals surface area contributed by atoms with Crippen molar-refractivity contribution in [2.75, 3.05) is 0 Å². The van der Waals surface area contributed by atoms with E-state index in [0.717, 1.165) is 0 Å². The highest BCUT2D eigenvalue weighted by molar-refractivity contribution is 6.28. The first-order chi connectivity index (χ1) is 5.86. The van der Waals surface area contributed by atoms with Crippen LogP contribution in [0.2, 0.25) is 5.28 Å². The molecular weight excluding hydrogens is 176 g/mol. The van der Waals surface area contributed by atoms with Crippen molar-refractivity contribution in [3.63, 3.8) is 0 Å². The summed E-state index contributed by atoms with van der Waals surface area (Å²) >= 11 is 5.54. The van der Waals surface area contributed by atoms with Crippen LogP contribution in [0.25, 0.3) is 5.82 Å². The summed E-state index contributed by atoms with van der Waals surface area (Å²) in [7, 11) is 0. The quantitative estimate of drug-likeness (QED) is 0.665. The minimum Gasteiger partial charge on any atom is -0.237 e. The van der Waals surface area contributed by atoms with Crippen molar-refractivity contribution in [3.05, 3.63) is 36.0 Å². The van der Waals surface area contributed by atoms with Crippen LogP contribution in [-0.4, -0.2) is 19.7 Å². The lowest BCUT2D eigenvalue weighted by atomic mass is 10.5. The van der Waals surface area contributed by atoms with Gasteiger partial charge in [-0.1, -0.05) is 6.07 Å². The van der Waals surface area contributed by atoms with Crippen LogP contribution in [0.3, 0.4) is 0 Å². The van der Waals surface area contributed by atoms with Gasteiger partial charge in [-0.2, -0.15) is 0 Å². The molecule has 0 radical (unpaired) electrons. The average molecular weight is 181 g/mol. The third kappa shape index (κ3) is 1.29. The number of rotatable bonds is 1. The molecular formula is C7H5ClN4. The van der Waals surface area contributed by atoms with E-state index < -0.39 is 0 Å². The molecule has 2 aromatic heterocycles. The molecule has 0 unspecified atom stereocenters. The zero-order chi connectivity index (χ0) is 8.39. The van der Waals surface area contributed by atoms with Crippen molar-refractivity contribution < 1.29 is 0 Å². The maximum absolute atomic E-state index is 5.54. The summed E-state index contributed by atoms with van der Waals surface area (Å²) in [6.07, 6.45) is 3.20. The molecule has 0 aliphatic rings. The van der Waals surface area contributed by atoms with Crippen LogP contribution < -0.4 is 0 Å². The number of hydrogen-bond donors (Lipinski definition) is 0. The van der Waals surface area contributed by atoms with Crippen LogP contribution in [0.5, 0.6) is 0 Å². The topological polar surface area (TPSA) is 43.6 Å². The zero-order valence-corrected chi connectivity index (χ0v) is 6.81. The van der Waals surface area contributed by atoms with E-state index in [1.54, 1.807) is 6.20 Å². The summed E-state index contributed by atoms with van der Waals surface area (Å²) in [6.45, 7) is 0. The Morgan fingerprint density at radius 3 is 2.75 bits per heavy atom. The van der Waals surface area contributed by atoms with Crippen molar-refractivity contribution >= 4 is 11.6 Å². The summed E-state index contributed by atoms with van der Waals surface area (Å²) in [4.78, 5) is 7.83. The standard InChI is InChI=1S/C7H5ClN4/c8-7-10-5-12(11-7)6-3-1-2-4-9-6/h1-5H. The van der Waals surface area contributed by atoms with Crippen molar-refractivity contribution in [2.45, 2.75) is 0 Å². The minimum absolute atomic E-state index is 0.223. The van der Waals surface area contributed by atoms with Gasteiger partial charge in [0, 0.05) is 6.20 Å². The summed E-state index contributed by atoms with van der Waals surface area (Å²) < 4.78 is 1.52. The van der Waals surface area contributed by atoms with Crippen LogP contribution in [-0.2, 0) is 0 Å². The Balaban J connectivity index is 2.45. The Morgan fingerprint density at radius 2 is 2.17 bits per heavy atom. The van der Waals surface area contributed by atoms with Gasteiger partial charge in [0.15, 0.2) is 5.82 Å². The van der Waals surface area contributed by atoms with Crippen molar-refractivity contribution in [2.24, 2.45) is 0 Å². The Labute approximate surface area is 73.8 Å². The van der Waals surface area contributed by atoms with Gasteiger partial charge in [-0.05, 0) is 23.7 Å². The van der Waals surface area contributed by atoms with Gasteiger partial charge in [0.1, 0.15) is 6.33 Å². The number of hydrogen-bond acceptors (Lipinski definition) is 3. The summed E-state index contributed by atoms with van der Waals surface area (Å²) in [5.41, 5.74) is 0. The predicted molar refractivity (Wildman–Crippen MR) is 44.2 cm³/mol. The van der Waals surface area contributed by atoms with Gasteiger partial charge in [0.2, 0.25) is 5.28 Å². The molecule has 0 saturated carbocycles. The Hall–Kier alpha value is -1.42. The van der Waals surface area contributed by atoms with Gasteiger partial charge in [-0.25, -0.2) is 14.6 Å². The molecule has 2 heterocycles. The van der Waals surface area contributed by atoms with Crippen molar-refractivity contribution in [1.29, 1.82) is 0 Å². The van der Waals surface area contributed by atoms with Gasteiger partial charge in [0.05, 0.1) is 0 Å². The summed E-state index contributed by atoms with van der Waals surface area (Å²) in [5.74, 6) is 0.705. The Bertz CT molecular complexity index is 370. The van der Waals surface area contributed by atoms with Gasteiger partial charge in [0.25, 0.3) is 0 Å². The molecule has 0 N–H and O–H groups in total. The Morgan fingerprint density at radius 1 is 1.25 bits per heavy atom. The lowest BCUT2D eigenvalue weighted by Crippen LogP contribution is -1.96. The molecule has 4 nitrogen and oxygen atoms in total. The molecule has 0 bridgehead atoms. The van der Waals surface area contributed by atoms with Gasteiger partial charge in [-0.3, -0.25) is 0 Å². The second-order valence-corrected chi connectivity index (χ2v) is 2.48. The van der Waals surface area contributed by atoms with E-state index in [4.69, 9.17) is 11.6 Å². The minimum atomic E-state index is 0.223. The Kier molecular flexibility index (Phi) is 1.75. The fourth-order valence-corrected chi connectivity index (χ4v) is 0.968. The predicted octanol–water partition coefficient (Wildman–Crippen LogP) is 1.32. The third-order valence-corrected chi connectivity index (χ3v) is 1.52. The van der Waals surface area contributed by atoms with Gasteiger partial charge in [-0.15, -0.1) is 5.10 Å². The average Bonchev–Trinajstić information content (AvgIpc) is 2.54. The molecule has 5 heteroatoms. The van der Waals surface area contributed by atoms with Gasteiger partial charge < -0.3 is 0 Å². The fraction of sp³-hybridized carbons (Fsp3) is 0. The van der Waals surface area contributed by atoms with Crippen molar-refractivity contribution in [1.82, 2.24) is 19.7 Å². The van der Waals surface area contributed by atoms with Crippen molar-refractivity contribution in [3.8, 4) is 5.82 Å². The molecule has 0 aliphatic heterocycles. The third-order valence-electron chi connectivity index (χ3n) is 1.35. The maximum Gasteiger partial charge on any atom is 0.242 e. The molecule has 0 atom stereocenters. The van der Waals surface area contributed by atoms with E-state index in [-0.39, 0.29) is 5.28 Å². The molecule has 0 aliphatic carbocycles. The van der Waals surface area contributed by atoms with Crippen LogP contribution in [0, 0.1) is 0 Å². The highest BCUT2D eigenvalue weighted by Crippen LogP contribution is 2.03. The molecule has 0 amide bonds. The number of nitrogens with zero attached hydrogens (tertiary/aromatic N) is 4. The van der Waals surface area contributed by atoms with E-state index in [1.165, 1.54) is 11.0 Å². The number of pyridine rings is 1. The normalized spacial score (nSPS) is 10.1. The first-order valence-electron chi connectivity index (χ1n) is 3.35. The first kappa shape index (κ1) is 7.24. The molecule has 60 valence electrons. The molecule has 0 saturated heterocycles. The molecule has 2 rings (SSSR count). The molecule has 0 spiro atoms. The SMILES string of the molecule is Clc1ncn(-c2ccccn2)n1. The van der Waals surface area contributed by atoms with E-state index in [2.05, 4.69) is 15.1 Å². The van der Waals surface area contributed by atoms with E-state index >= 15 is 0 Å². The van der Waals surface area contributed by atoms with E-state index in [9.17, 15) is 0 Å². The second kappa shape index (κ2) is 2.91. The van der Waals surface area contributed by atoms with Crippen LogP contribution >= 0.6 is 11.6 Å². The monoisotopic (exact) mass is 180 g/mol. The largest absolute Gasteiger partial charge is 0.242 e. The summed E-state index contributed by atoms with van der Waals surface area (Å²) in [6, 6.07) is 5.53. The molecule has 2 aromatic rings. The first-order valence-corrected chi connectivity index (χ1v) is 3.72. The highest BCUT2D eigenvalue weighted by Gasteiger charge is 1.98. The lowest BCUT2D eigenvalue weighted by Gasteiger charge is -1.95. The summed E-state index contributed by atoms with van der Waals surface area (Å²) in [5, 5.41) is 4.11. The maximum atomic E-state index is 5.54. The number of aromatic nitrogens is 4. The smallest absolute Gasteiger partial charge is 0.237 e. The molecule has 0 fully saturated rings. The zero-order valence-electron chi connectivity index (χ0n) is 6.05. The second-order valence-electron chi connectivity index (χ2n) is 2.15. The lowest BCUT2D eigenvalue weighted by molar-refractivity contribution is 0.845. The van der Waals surface area contributed by atoms with Crippen LogP contribution in [0.15, 0.2) is 30.7 Å².